The number of rotatable bonds is 8. The van der Waals surface area contributed by atoms with E-state index in [0.717, 1.165) is 16.8 Å². The zero-order valence-corrected chi connectivity index (χ0v) is 18.0. The molecule has 1 aliphatic rings. The first-order chi connectivity index (χ1) is 15.0. The van der Waals surface area contributed by atoms with Gasteiger partial charge >= 0.3 is 0 Å². The van der Waals surface area contributed by atoms with Crippen LogP contribution in [0.2, 0.25) is 0 Å². The number of hydrogen-bond acceptors (Lipinski definition) is 5. The molecule has 166 valence electrons. The Balaban J connectivity index is 1.51. The summed E-state index contributed by atoms with van der Waals surface area (Å²) in [5.41, 5.74) is 3.36. The SMILES string of the molecule is O=C(NCCCCl)[C@H](O)[C@@H](O)C(=O)N1CCN(c2ccc(-c3ccccc3)cc2)CC1. The molecule has 7 nitrogen and oxygen atoms in total. The minimum Gasteiger partial charge on any atom is -0.380 e. The highest BCUT2D eigenvalue weighted by atomic mass is 35.5. The zero-order chi connectivity index (χ0) is 22.2. The Morgan fingerprint density at radius 3 is 2.13 bits per heavy atom. The van der Waals surface area contributed by atoms with E-state index >= 15 is 0 Å². The second kappa shape index (κ2) is 11.1. The van der Waals surface area contributed by atoms with Gasteiger partial charge in [0, 0.05) is 44.3 Å². The highest BCUT2D eigenvalue weighted by Crippen LogP contribution is 2.24. The maximum absolute atomic E-state index is 12.5. The normalized spacial score (nSPS) is 16.0. The van der Waals surface area contributed by atoms with E-state index in [2.05, 4.69) is 46.6 Å². The van der Waals surface area contributed by atoms with E-state index in [1.165, 1.54) is 4.90 Å². The van der Waals surface area contributed by atoms with Crippen LogP contribution in [0.1, 0.15) is 6.42 Å². The number of nitrogens with one attached hydrogen (secondary N) is 1. The molecule has 0 spiro atoms. The van der Waals surface area contributed by atoms with E-state index in [0.29, 0.717) is 38.5 Å². The number of piperazine rings is 1. The molecule has 1 fully saturated rings. The van der Waals surface area contributed by atoms with Gasteiger partial charge in [-0.3, -0.25) is 9.59 Å². The van der Waals surface area contributed by atoms with Crippen LogP contribution in [-0.2, 0) is 9.59 Å². The van der Waals surface area contributed by atoms with Gasteiger partial charge in [0.15, 0.2) is 12.2 Å². The molecule has 0 aliphatic carbocycles. The monoisotopic (exact) mass is 445 g/mol. The van der Waals surface area contributed by atoms with Gasteiger partial charge in [-0.2, -0.15) is 0 Å². The van der Waals surface area contributed by atoms with Crippen molar-refractivity contribution in [3.05, 3.63) is 54.6 Å². The molecule has 2 aromatic carbocycles. The molecule has 0 aromatic heterocycles. The third kappa shape index (κ3) is 5.97. The number of nitrogens with zero attached hydrogens (tertiary/aromatic N) is 2. The van der Waals surface area contributed by atoms with Crippen molar-refractivity contribution in [2.45, 2.75) is 18.6 Å². The highest BCUT2D eigenvalue weighted by Gasteiger charge is 2.34. The van der Waals surface area contributed by atoms with Gasteiger partial charge in [0.25, 0.3) is 11.8 Å². The van der Waals surface area contributed by atoms with Crippen molar-refractivity contribution in [1.82, 2.24) is 10.2 Å². The second-order valence-electron chi connectivity index (χ2n) is 7.45. The number of hydrogen-bond donors (Lipinski definition) is 3. The lowest BCUT2D eigenvalue weighted by molar-refractivity contribution is -0.153. The van der Waals surface area contributed by atoms with Crippen LogP contribution in [0.5, 0.6) is 0 Å². The molecule has 31 heavy (non-hydrogen) atoms. The first-order valence-electron chi connectivity index (χ1n) is 10.4. The topological polar surface area (TPSA) is 93.1 Å². The van der Waals surface area contributed by atoms with Crippen LogP contribution < -0.4 is 10.2 Å². The molecule has 0 saturated carbocycles. The number of alkyl halides is 1. The minimum absolute atomic E-state index is 0.280. The first-order valence-corrected chi connectivity index (χ1v) is 10.9. The van der Waals surface area contributed by atoms with Gasteiger partial charge in [-0.15, -0.1) is 11.6 Å². The van der Waals surface area contributed by atoms with Crippen LogP contribution in [0.25, 0.3) is 11.1 Å². The summed E-state index contributed by atoms with van der Waals surface area (Å²) in [5.74, 6) is -1.04. The molecule has 1 aliphatic heterocycles. The molecule has 0 unspecified atom stereocenters. The summed E-state index contributed by atoms with van der Waals surface area (Å²) in [7, 11) is 0. The summed E-state index contributed by atoms with van der Waals surface area (Å²) >= 11 is 5.54. The van der Waals surface area contributed by atoms with E-state index in [4.69, 9.17) is 11.6 Å². The molecule has 2 aromatic rings. The van der Waals surface area contributed by atoms with Crippen LogP contribution in [0.4, 0.5) is 5.69 Å². The molecule has 3 rings (SSSR count). The molecule has 2 amide bonds. The predicted molar refractivity (Wildman–Crippen MR) is 121 cm³/mol. The van der Waals surface area contributed by atoms with E-state index in [1.54, 1.807) is 0 Å². The number of anilines is 1. The lowest BCUT2D eigenvalue weighted by atomic mass is 10.1. The van der Waals surface area contributed by atoms with Gasteiger partial charge in [0.1, 0.15) is 0 Å². The Morgan fingerprint density at radius 1 is 0.903 bits per heavy atom. The summed E-state index contributed by atoms with van der Waals surface area (Å²) in [6.07, 6.45) is -3.04. The fraction of sp³-hybridized carbons (Fsp3) is 0.391. The fourth-order valence-corrected chi connectivity index (χ4v) is 3.66. The summed E-state index contributed by atoms with van der Waals surface area (Å²) in [6.45, 7) is 2.28. The van der Waals surface area contributed by atoms with Crippen LogP contribution in [0.3, 0.4) is 0 Å². The number of carbonyl (C=O) groups excluding carboxylic acids is 2. The maximum Gasteiger partial charge on any atom is 0.254 e. The average Bonchev–Trinajstić information content (AvgIpc) is 2.83. The van der Waals surface area contributed by atoms with Crippen LogP contribution >= 0.6 is 11.6 Å². The lowest BCUT2D eigenvalue weighted by Gasteiger charge is -2.37. The quantitative estimate of drug-likeness (QED) is 0.422. The van der Waals surface area contributed by atoms with E-state index in [1.807, 2.05) is 18.2 Å². The van der Waals surface area contributed by atoms with Gasteiger partial charge in [0.2, 0.25) is 0 Å². The average molecular weight is 446 g/mol. The standard InChI is InChI=1S/C23H28ClN3O4/c24-11-4-12-25-22(30)20(28)21(29)23(31)27-15-13-26(14-16-27)19-9-7-18(8-10-19)17-5-2-1-3-6-17/h1-3,5-10,20-21,28-29H,4,11-16H2,(H,25,30)/t20-,21-/m1/s1. The summed E-state index contributed by atoms with van der Waals surface area (Å²) in [5, 5.41) is 22.6. The Morgan fingerprint density at radius 2 is 1.52 bits per heavy atom. The molecule has 0 radical (unpaired) electrons. The summed E-state index contributed by atoms with van der Waals surface area (Å²) in [4.78, 5) is 28.0. The van der Waals surface area contributed by atoms with Crippen molar-refractivity contribution in [3.63, 3.8) is 0 Å². The minimum atomic E-state index is -1.80. The second-order valence-corrected chi connectivity index (χ2v) is 7.83. The third-order valence-electron chi connectivity index (χ3n) is 5.36. The number of aliphatic hydroxyl groups excluding tert-OH is 2. The van der Waals surface area contributed by atoms with Crippen molar-refractivity contribution in [2.75, 3.05) is 43.5 Å². The van der Waals surface area contributed by atoms with Crippen LogP contribution in [-0.4, -0.2) is 77.7 Å². The number of benzene rings is 2. The van der Waals surface area contributed by atoms with Gasteiger partial charge in [-0.05, 0) is 29.7 Å². The van der Waals surface area contributed by atoms with Crippen molar-refractivity contribution in [3.8, 4) is 11.1 Å². The molecule has 2 atom stereocenters. The van der Waals surface area contributed by atoms with E-state index in [9.17, 15) is 19.8 Å². The number of aliphatic hydroxyl groups is 2. The van der Waals surface area contributed by atoms with Gasteiger partial charge in [-0.25, -0.2) is 0 Å². The molecular formula is C23H28ClN3O4. The van der Waals surface area contributed by atoms with Crippen molar-refractivity contribution < 1.29 is 19.8 Å². The highest BCUT2D eigenvalue weighted by molar-refractivity contribution is 6.17. The molecule has 3 N–H and O–H groups in total. The molecular weight excluding hydrogens is 418 g/mol. The predicted octanol–water partition coefficient (Wildman–Crippen LogP) is 1.47. The summed E-state index contributed by atoms with van der Waals surface area (Å²) in [6, 6.07) is 18.4. The molecule has 1 heterocycles. The summed E-state index contributed by atoms with van der Waals surface area (Å²) < 4.78 is 0. The largest absolute Gasteiger partial charge is 0.380 e. The van der Waals surface area contributed by atoms with Gasteiger partial charge < -0.3 is 25.3 Å². The van der Waals surface area contributed by atoms with Crippen molar-refractivity contribution in [2.24, 2.45) is 0 Å². The Kier molecular flexibility index (Phi) is 8.28. The molecule has 0 bridgehead atoms. The maximum atomic E-state index is 12.5. The first kappa shape index (κ1) is 23.1. The zero-order valence-electron chi connectivity index (χ0n) is 17.3. The van der Waals surface area contributed by atoms with Crippen LogP contribution in [0.15, 0.2) is 54.6 Å². The molecule has 1 saturated heterocycles. The fourth-order valence-electron chi connectivity index (χ4n) is 3.53. The Hall–Kier alpha value is -2.61. The van der Waals surface area contributed by atoms with Crippen molar-refractivity contribution >= 4 is 29.1 Å². The molecule has 8 heteroatoms. The van der Waals surface area contributed by atoms with E-state index in [-0.39, 0.29) is 6.54 Å². The smallest absolute Gasteiger partial charge is 0.254 e. The number of amides is 2. The van der Waals surface area contributed by atoms with E-state index < -0.39 is 24.0 Å². The third-order valence-corrected chi connectivity index (χ3v) is 5.63. The number of carbonyl (C=O) groups is 2. The van der Waals surface area contributed by atoms with Gasteiger partial charge in [0.05, 0.1) is 0 Å². The number of halogens is 1. The van der Waals surface area contributed by atoms with Gasteiger partial charge in [-0.1, -0.05) is 42.5 Å². The Labute approximate surface area is 187 Å². The van der Waals surface area contributed by atoms with Crippen molar-refractivity contribution in [1.29, 1.82) is 0 Å². The van der Waals surface area contributed by atoms with Crippen LogP contribution in [0, 0.1) is 0 Å². The Bertz CT molecular complexity index is 855. The lowest BCUT2D eigenvalue weighted by Crippen LogP contribution is -2.55.